The predicted molar refractivity (Wildman–Crippen MR) is 128 cm³/mol. The van der Waals surface area contributed by atoms with Crippen molar-refractivity contribution in [3.63, 3.8) is 0 Å². The first-order valence-corrected chi connectivity index (χ1v) is 12.0. The summed E-state index contributed by atoms with van der Waals surface area (Å²) >= 11 is 0. The number of esters is 1. The summed E-state index contributed by atoms with van der Waals surface area (Å²) in [6.07, 6.45) is 2.06. The fourth-order valence-electron chi connectivity index (χ4n) is 6.32. The van der Waals surface area contributed by atoms with E-state index in [-0.39, 0.29) is 44.0 Å². The number of carbonyl (C=O) groups is 3. The van der Waals surface area contributed by atoms with Gasteiger partial charge in [0.05, 0.1) is 31.8 Å². The van der Waals surface area contributed by atoms with Crippen LogP contribution in [0.15, 0.2) is 36.9 Å². The number of methoxy groups -OCH3 is 1. The van der Waals surface area contributed by atoms with E-state index in [1.807, 2.05) is 13.8 Å². The first kappa shape index (κ1) is 25.2. The van der Waals surface area contributed by atoms with E-state index in [9.17, 15) is 19.5 Å². The van der Waals surface area contributed by atoms with Crippen LogP contribution in [0.25, 0.3) is 0 Å². The molecule has 0 saturated carbocycles. The molecule has 35 heavy (non-hydrogen) atoms. The number of anilines is 1. The summed E-state index contributed by atoms with van der Waals surface area (Å²) in [7, 11) is 1.56. The van der Waals surface area contributed by atoms with Gasteiger partial charge in [0.2, 0.25) is 5.91 Å². The molecule has 1 aromatic carbocycles. The van der Waals surface area contributed by atoms with E-state index in [4.69, 9.17) is 14.2 Å². The highest BCUT2D eigenvalue weighted by molar-refractivity contribution is 6.04. The maximum atomic E-state index is 14.2. The van der Waals surface area contributed by atoms with Crippen LogP contribution in [0.2, 0.25) is 0 Å². The molecule has 3 aliphatic rings. The van der Waals surface area contributed by atoms with Gasteiger partial charge >= 0.3 is 5.97 Å². The van der Waals surface area contributed by atoms with Crippen molar-refractivity contribution in [2.24, 2.45) is 17.8 Å². The number of rotatable bonds is 9. The van der Waals surface area contributed by atoms with Gasteiger partial charge < -0.3 is 29.1 Å². The second kappa shape index (κ2) is 9.28. The van der Waals surface area contributed by atoms with Crippen molar-refractivity contribution in [2.75, 3.05) is 38.3 Å². The maximum absolute atomic E-state index is 14.2. The van der Waals surface area contributed by atoms with Crippen molar-refractivity contribution in [3.05, 3.63) is 36.9 Å². The minimum absolute atomic E-state index is 0.0397. The fraction of sp³-hybridized carbons (Fsp3) is 0.577. The lowest BCUT2D eigenvalue weighted by Crippen LogP contribution is -2.57. The lowest BCUT2D eigenvalue weighted by atomic mass is 9.62. The molecular weight excluding hydrogens is 452 g/mol. The van der Waals surface area contributed by atoms with E-state index in [1.165, 1.54) is 4.90 Å². The Morgan fingerprint density at radius 3 is 2.60 bits per heavy atom. The highest BCUT2D eigenvalue weighted by Gasteiger charge is 2.80. The van der Waals surface area contributed by atoms with Gasteiger partial charge in [-0.2, -0.15) is 0 Å². The lowest BCUT2D eigenvalue weighted by molar-refractivity contribution is -0.161. The monoisotopic (exact) mass is 486 g/mol. The molecule has 1 spiro atoms. The average molecular weight is 487 g/mol. The Kier molecular flexibility index (Phi) is 6.68. The molecule has 6 atom stereocenters. The summed E-state index contributed by atoms with van der Waals surface area (Å²) in [6.45, 7) is 9.36. The number of benzene rings is 1. The van der Waals surface area contributed by atoms with E-state index < -0.39 is 35.0 Å². The van der Waals surface area contributed by atoms with Gasteiger partial charge in [0.25, 0.3) is 5.91 Å². The van der Waals surface area contributed by atoms with E-state index in [1.54, 1.807) is 49.3 Å². The summed E-state index contributed by atoms with van der Waals surface area (Å²) in [5.74, 6) is -2.32. The number of ether oxygens (including phenoxy) is 3. The topological polar surface area (TPSA) is 106 Å². The average Bonchev–Trinajstić information content (AvgIpc) is 3.34. The van der Waals surface area contributed by atoms with Crippen molar-refractivity contribution < 1.29 is 33.7 Å². The minimum atomic E-state index is -1.19. The molecule has 1 N–H and O–H groups in total. The fourth-order valence-corrected chi connectivity index (χ4v) is 6.32. The van der Waals surface area contributed by atoms with E-state index in [0.29, 0.717) is 17.9 Å². The molecule has 9 nitrogen and oxygen atoms in total. The van der Waals surface area contributed by atoms with Gasteiger partial charge in [-0.25, -0.2) is 0 Å². The van der Waals surface area contributed by atoms with Gasteiger partial charge in [-0.1, -0.05) is 13.0 Å². The lowest BCUT2D eigenvalue weighted by Gasteiger charge is -2.37. The molecule has 4 rings (SSSR count). The SMILES string of the molecule is C=CCN(C(=O)C1N(CCO)C(=O)[C@@H]2[C@H](C(=O)OCC)[C@@]3(C)OC12CC3C)c1ccc(OC)cc1. The Balaban J connectivity index is 1.80. The van der Waals surface area contributed by atoms with Crippen LogP contribution in [-0.2, 0) is 23.9 Å². The zero-order valence-electron chi connectivity index (χ0n) is 20.7. The van der Waals surface area contributed by atoms with Crippen LogP contribution in [0, 0.1) is 17.8 Å². The van der Waals surface area contributed by atoms with Crippen LogP contribution < -0.4 is 9.64 Å². The third-order valence-electron chi connectivity index (χ3n) is 7.89. The van der Waals surface area contributed by atoms with Gasteiger partial charge in [-0.05, 0) is 50.5 Å². The number of nitrogens with zero attached hydrogens (tertiary/aromatic N) is 2. The summed E-state index contributed by atoms with van der Waals surface area (Å²) in [6, 6.07) is 6.03. The van der Waals surface area contributed by atoms with Crippen LogP contribution in [0.5, 0.6) is 5.75 Å². The Morgan fingerprint density at radius 2 is 2.03 bits per heavy atom. The smallest absolute Gasteiger partial charge is 0.312 e. The van der Waals surface area contributed by atoms with Crippen molar-refractivity contribution in [1.29, 1.82) is 0 Å². The van der Waals surface area contributed by atoms with Crippen LogP contribution in [0.1, 0.15) is 27.2 Å². The van der Waals surface area contributed by atoms with Gasteiger partial charge in [0.1, 0.15) is 23.3 Å². The molecule has 9 heteroatoms. The molecular formula is C26H34N2O7. The number of aliphatic hydroxyl groups excluding tert-OH is 1. The molecule has 0 radical (unpaired) electrons. The Hall–Kier alpha value is -2.91. The van der Waals surface area contributed by atoms with Crippen LogP contribution in [-0.4, -0.2) is 78.4 Å². The molecule has 3 unspecified atom stereocenters. The molecule has 0 aromatic heterocycles. The molecule has 3 aliphatic heterocycles. The highest BCUT2D eigenvalue weighted by atomic mass is 16.6. The summed E-state index contributed by atoms with van der Waals surface area (Å²) in [4.78, 5) is 44.0. The van der Waals surface area contributed by atoms with Crippen LogP contribution >= 0.6 is 0 Å². The standard InChI is InChI=1S/C26H34N2O7/c1-6-12-27(17-8-10-18(33-5)11-9-17)23(31)21-26-15-16(3)25(4,35-26)20(24(32)34-7-2)19(26)22(30)28(21)13-14-29/h6,8-11,16,19-21,29H,1,7,12-15H2,2-5H3/t16?,19-,20+,21?,25-,26?/m0/s1. The summed E-state index contributed by atoms with van der Waals surface area (Å²) in [5.41, 5.74) is -1.51. The number of amides is 2. The first-order chi connectivity index (χ1) is 16.7. The normalized spacial score (nSPS) is 32.9. The van der Waals surface area contributed by atoms with Crippen molar-refractivity contribution >= 4 is 23.5 Å². The van der Waals surface area contributed by atoms with Crippen molar-refractivity contribution in [2.45, 2.75) is 44.4 Å². The minimum Gasteiger partial charge on any atom is -0.497 e. The van der Waals surface area contributed by atoms with Gasteiger partial charge in [-0.3, -0.25) is 14.4 Å². The number of hydrogen-bond donors (Lipinski definition) is 1. The Labute approximate surface area is 205 Å². The van der Waals surface area contributed by atoms with E-state index in [0.717, 1.165) is 0 Å². The summed E-state index contributed by atoms with van der Waals surface area (Å²) < 4.78 is 17.2. The molecule has 3 saturated heterocycles. The quantitative estimate of drug-likeness (QED) is 0.419. The third-order valence-corrected chi connectivity index (χ3v) is 7.89. The molecule has 1 aromatic rings. The van der Waals surface area contributed by atoms with Crippen LogP contribution in [0.4, 0.5) is 5.69 Å². The number of carbonyl (C=O) groups excluding carboxylic acids is 3. The predicted octanol–water partition coefficient (Wildman–Crippen LogP) is 1.78. The molecule has 2 bridgehead atoms. The van der Waals surface area contributed by atoms with E-state index in [2.05, 4.69) is 6.58 Å². The number of hydrogen-bond acceptors (Lipinski definition) is 7. The van der Waals surface area contributed by atoms with Crippen molar-refractivity contribution in [1.82, 2.24) is 4.90 Å². The number of likely N-dealkylation sites (tertiary alicyclic amines) is 1. The zero-order valence-corrected chi connectivity index (χ0v) is 20.7. The second-order valence-corrected chi connectivity index (χ2v) is 9.65. The second-order valence-electron chi connectivity index (χ2n) is 9.65. The molecule has 190 valence electrons. The Morgan fingerprint density at radius 1 is 1.34 bits per heavy atom. The van der Waals surface area contributed by atoms with Crippen molar-refractivity contribution in [3.8, 4) is 5.75 Å². The molecule has 0 aliphatic carbocycles. The number of aliphatic hydroxyl groups is 1. The highest BCUT2D eigenvalue weighted by Crippen LogP contribution is 2.65. The first-order valence-electron chi connectivity index (χ1n) is 12.0. The number of β-amino-alcohol motifs (C(OH)–C–C–N with tert-alkyl or cyclic N) is 1. The third kappa shape index (κ3) is 3.63. The van der Waals surface area contributed by atoms with E-state index >= 15 is 0 Å². The summed E-state index contributed by atoms with van der Waals surface area (Å²) in [5, 5.41) is 9.77. The maximum Gasteiger partial charge on any atom is 0.312 e. The largest absolute Gasteiger partial charge is 0.497 e. The van der Waals surface area contributed by atoms with Gasteiger partial charge in [0.15, 0.2) is 0 Å². The molecule has 3 fully saturated rings. The van der Waals surface area contributed by atoms with Gasteiger partial charge in [-0.15, -0.1) is 6.58 Å². The Bertz CT molecular complexity index is 1010. The molecule has 2 amide bonds. The zero-order chi connectivity index (χ0) is 25.5. The van der Waals surface area contributed by atoms with Crippen LogP contribution in [0.3, 0.4) is 0 Å². The van der Waals surface area contributed by atoms with Gasteiger partial charge in [0, 0.05) is 18.8 Å². The number of fused-ring (bicyclic) bond motifs is 1. The molecule has 3 heterocycles.